The lowest BCUT2D eigenvalue weighted by Gasteiger charge is -2.26. The number of hydrazine groups is 1. The van der Waals surface area contributed by atoms with Gasteiger partial charge in [-0.15, -0.1) is 0 Å². The Bertz CT molecular complexity index is 534. The number of carbonyl (C=O) groups excluding carboxylic acids is 3. The predicted octanol–water partition coefficient (Wildman–Crippen LogP) is 1.33. The average Bonchev–Trinajstić information content (AvgIpc) is 2.98. The number of carbonyl (C=O) groups is 3. The van der Waals surface area contributed by atoms with Crippen molar-refractivity contribution in [1.82, 2.24) is 10.0 Å². The molecule has 0 spiro atoms. The topological polar surface area (TPSA) is 76.2 Å². The molecule has 1 fully saturated rings. The van der Waals surface area contributed by atoms with E-state index in [9.17, 15) is 14.4 Å². The van der Waals surface area contributed by atoms with Gasteiger partial charge in [-0.2, -0.15) is 0 Å². The van der Waals surface area contributed by atoms with Crippen LogP contribution in [0.5, 0.6) is 0 Å². The van der Waals surface area contributed by atoms with Crippen LogP contribution in [0, 0.1) is 0 Å². The lowest BCUT2D eigenvalue weighted by molar-refractivity contribution is -0.155. The van der Waals surface area contributed by atoms with Gasteiger partial charge in [0.1, 0.15) is 6.61 Å². The van der Waals surface area contributed by atoms with E-state index in [4.69, 9.17) is 9.47 Å². The summed E-state index contributed by atoms with van der Waals surface area (Å²) in [6.07, 6.45) is 0.110. The van der Waals surface area contributed by atoms with Gasteiger partial charge in [0.05, 0.1) is 6.61 Å². The van der Waals surface area contributed by atoms with Gasteiger partial charge in [-0.25, -0.2) is 19.6 Å². The van der Waals surface area contributed by atoms with E-state index in [-0.39, 0.29) is 19.8 Å². The van der Waals surface area contributed by atoms with Crippen molar-refractivity contribution in [2.75, 3.05) is 13.2 Å². The molecule has 7 nitrogen and oxygen atoms in total. The summed E-state index contributed by atoms with van der Waals surface area (Å²) in [5.41, 5.74) is 0.842. The Hall–Kier alpha value is -2.57. The number of rotatable bonds is 5. The quantitative estimate of drug-likeness (QED) is 0.606. The SMILES string of the molecule is CCOC(=O)[C@@H]1CCN(C(=O)OCc2ccccc2)N1C=O. The molecule has 1 atom stereocenters. The van der Waals surface area contributed by atoms with E-state index in [2.05, 4.69) is 0 Å². The van der Waals surface area contributed by atoms with Gasteiger partial charge in [0, 0.05) is 13.0 Å². The van der Waals surface area contributed by atoms with Gasteiger partial charge < -0.3 is 9.47 Å². The van der Waals surface area contributed by atoms with Crippen molar-refractivity contribution >= 4 is 18.5 Å². The number of benzene rings is 1. The van der Waals surface area contributed by atoms with Crippen LogP contribution in [0.4, 0.5) is 4.79 Å². The molecular weight excluding hydrogens is 288 g/mol. The van der Waals surface area contributed by atoms with Crippen molar-refractivity contribution in [2.45, 2.75) is 26.0 Å². The Morgan fingerprint density at radius 3 is 2.64 bits per heavy atom. The van der Waals surface area contributed by atoms with Crippen molar-refractivity contribution in [2.24, 2.45) is 0 Å². The summed E-state index contributed by atoms with van der Waals surface area (Å²) in [7, 11) is 0. The molecule has 1 saturated heterocycles. The zero-order valence-corrected chi connectivity index (χ0v) is 12.3. The minimum Gasteiger partial charge on any atom is -0.464 e. The number of nitrogens with zero attached hydrogens (tertiary/aromatic N) is 2. The third kappa shape index (κ3) is 3.55. The van der Waals surface area contributed by atoms with Crippen LogP contribution in [0.1, 0.15) is 18.9 Å². The molecule has 1 aliphatic rings. The first-order valence-electron chi connectivity index (χ1n) is 7.05. The summed E-state index contributed by atoms with van der Waals surface area (Å²) in [6.45, 7) is 2.24. The molecule has 0 bridgehead atoms. The lowest BCUT2D eigenvalue weighted by atomic mass is 10.2. The number of esters is 1. The van der Waals surface area contributed by atoms with E-state index in [1.807, 2.05) is 30.3 Å². The van der Waals surface area contributed by atoms with E-state index < -0.39 is 18.1 Å². The summed E-state index contributed by atoms with van der Waals surface area (Å²) < 4.78 is 10.1. The van der Waals surface area contributed by atoms with Crippen LogP contribution in [-0.4, -0.2) is 47.7 Å². The molecule has 0 aromatic heterocycles. The Balaban J connectivity index is 1.95. The fraction of sp³-hybridized carbons (Fsp3) is 0.400. The van der Waals surface area contributed by atoms with E-state index in [0.29, 0.717) is 12.8 Å². The standard InChI is InChI=1S/C15H18N2O5/c1-2-21-14(19)13-8-9-16(17(13)11-18)15(20)22-10-12-6-4-3-5-7-12/h3-7,11,13H,2,8-10H2,1H3/t13-/m0/s1. The molecule has 1 aromatic carbocycles. The van der Waals surface area contributed by atoms with E-state index in [0.717, 1.165) is 15.6 Å². The largest absolute Gasteiger partial charge is 0.464 e. The normalized spacial score (nSPS) is 17.2. The highest BCUT2D eigenvalue weighted by Crippen LogP contribution is 2.19. The minimum absolute atomic E-state index is 0.104. The number of amides is 2. The molecule has 0 radical (unpaired) electrons. The average molecular weight is 306 g/mol. The van der Waals surface area contributed by atoms with Gasteiger partial charge in [0.2, 0.25) is 6.41 Å². The first-order valence-corrected chi connectivity index (χ1v) is 7.05. The van der Waals surface area contributed by atoms with Gasteiger partial charge in [0.15, 0.2) is 6.04 Å². The zero-order valence-electron chi connectivity index (χ0n) is 12.3. The van der Waals surface area contributed by atoms with E-state index >= 15 is 0 Å². The summed E-state index contributed by atoms with van der Waals surface area (Å²) in [5, 5.41) is 2.16. The smallest absolute Gasteiger partial charge is 0.429 e. The Kier molecular flexibility index (Phi) is 5.35. The number of hydrogen-bond donors (Lipinski definition) is 0. The molecule has 0 unspecified atom stereocenters. The Morgan fingerprint density at radius 2 is 2.00 bits per heavy atom. The van der Waals surface area contributed by atoms with Crippen LogP contribution in [0.25, 0.3) is 0 Å². The molecule has 118 valence electrons. The van der Waals surface area contributed by atoms with Crippen molar-refractivity contribution in [3.05, 3.63) is 35.9 Å². The van der Waals surface area contributed by atoms with Crippen LogP contribution < -0.4 is 0 Å². The first-order chi connectivity index (χ1) is 10.7. The second-order valence-electron chi connectivity index (χ2n) is 4.71. The summed E-state index contributed by atoms with van der Waals surface area (Å²) >= 11 is 0. The minimum atomic E-state index is -0.776. The van der Waals surface area contributed by atoms with Crippen molar-refractivity contribution in [1.29, 1.82) is 0 Å². The van der Waals surface area contributed by atoms with Crippen LogP contribution >= 0.6 is 0 Å². The van der Waals surface area contributed by atoms with Gasteiger partial charge >= 0.3 is 12.1 Å². The number of ether oxygens (including phenoxy) is 2. The zero-order chi connectivity index (χ0) is 15.9. The maximum atomic E-state index is 12.1. The molecule has 0 aliphatic carbocycles. The molecular formula is C15H18N2O5. The van der Waals surface area contributed by atoms with Gasteiger partial charge in [0.25, 0.3) is 0 Å². The van der Waals surface area contributed by atoms with E-state index in [1.54, 1.807) is 6.92 Å². The highest BCUT2D eigenvalue weighted by atomic mass is 16.6. The Labute approximate surface area is 128 Å². The van der Waals surface area contributed by atoms with Crippen LogP contribution in [-0.2, 0) is 25.7 Å². The number of hydrogen-bond acceptors (Lipinski definition) is 5. The molecule has 2 rings (SSSR count). The maximum Gasteiger partial charge on any atom is 0.429 e. The van der Waals surface area contributed by atoms with Gasteiger partial charge in [-0.3, -0.25) is 4.79 Å². The van der Waals surface area contributed by atoms with Crippen LogP contribution in [0.15, 0.2) is 30.3 Å². The second-order valence-corrected chi connectivity index (χ2v) is 4.71. The molecule has 22 heavy (non-hydrogen) atoms. The van der Waals surface area contributed by atoms with Gasteiger partial charge in [-0.05, 0) is 12.5 Å². The van der Waals surface area contributed by atoms with Crippen LogP contribution in [0.2, 0.25) is 0 Å². The predicted molar refractivity (Wildman–Crippen MR) is 76.3 cm³/mol. The third-order valence-electron chi connectivity index (χ3n) is 3.29. The molecule has 0 N–H and O–H groups in total. The van der Waals surface area contributed by atoms with Crippen LogP contribution in [0.3, 0.4) is 0 Å². The lowest BCUT2D eigenvalue weighted by Crippen LogP contribution is -2.47. The van der Waals surface area contributed by atoms with Crippen molar-refractivity contribution < 1.29 is 23.9 Å². The highest BCUT2D eigenvalue weighted by molar-refractivity contribution is 5.80. The molecule has 1 aliphatic heterocycles. The summed E-state index contributed by atoms with van der Waals surface area (Å²) in [5.74, 6) is -0.520. The van der Waals surface area contributed by atoms with E-state index in [1.165, 1.54) is 0 Å². The maximum absolute atomic E-state index is 12.1. The first kappa shape index (κ1) is 15.8. The van der Waals surface area contributed by atoms with Crippen molar-refractivity contribution in [3.8, 4) is 0 Å². The monoisotopic (exact) mass is 306 g/mol. The van der Waals surface area contributed by atoms with Crippen molar-refractivity contribution in [3.63, 3.8) is 0 Å². The molecule has 7 heteroatoms. The second kappa shape index (κ2) is 7.44. The Morgan fingerprint density at radius 1 is 1.27 bits per heavy atom. The molecule has 1 aromatic rings. The summed E-state index contributed by atoms with van der Waals surface area (Å²) in [6, 6.07) is 8.43. The highest BCUT2D eigenvalue weighted by Gasteiger charge is 2.40. The molecule has 0 saturated carbocycles. The fourth-order valence-corrected chi connectivity index (χ4v) is 2.23. The molecule has 2 amide bonds. The summed E-state index contributed by atoms with van der Waals surface area (Å²) in [4.78, 5) is 35.0. The fourth-order valence-electron chi connectivity index (χ4n) is 2.23. The van der Waals surface area contributed by atoms with Gasteiger partial charge in [-0.1, -0.05) is 30.3 Å². The molecule has 1 heterocycles. The third-order valence-corrected chi connectivity index (χ3v) is 3.29.